The van der Waals surface area contributed by atoms with Crippen LogP contribution in [0.2, 0.25) is 0 Å². The number of piperidine rings is 2. The van der Waals surface area contributed by atoms with Crippen LogP contribution in [0.3, 0.4) is 0 Å². The number of hydrogen-bond donors (Lipinski definition) is 2. The first kappa shape index (κ1) is 41.9. The van der Waals surface area contributed by atoms with Gasteiger partial charge >= 0.3 is 0 Å². The molecule has 5 heterocycles. The van der Waals surface area contributed by atoms with Gasteiger partial charge < -0.3 is 19.9 Å². The number of anilines is 2. The van der Waals surface area contributed by atoms with E-state index < -0.39 is 46.3 Å². The molecule has 5 amide bonds. The van der Waals surface area contributed by atoms with Gasteiger partial charge in [-0.25, -0.2) is 4.39 Å². The number of ether oxygens (including phenoxy) is 1. The maximum Gasteiger partial charge on any atom is 0.262 e. The number of rotatable bonds is 9. The van der Waals surface area contributed by atoms with Crippen LogP contribution in [-0.4, -0.2) is 108 Å². The zero-order chi connectivity index (χ0) is 44.4. The standard InChI is InChI=1S/C48H51FN8O6/c1-47(2)45(48(3,4)46(47)63-38-13-8-30(26-50)40-33(38)6-5-17-51-40)53-41(59)29-7-11-36(35(49)24-29)56-18-15-28(16-19-56)27-54-20-22-55(23-21-54)31-9-10-32-34(25-31)44(62)57(43(32)61)37-12-14-39(58)52-42(37)60/h5-11,13,17,24-25,28,37,45-46H,12,14-16,18-23,27H2,1-4H3,(H,53,59)(H,52,58,60). The Hall–Kier alpha value is -6.40. The molecule has 63 heavy (non-hydrogen) atoms. The van der Waals surface area contributed by atoms with E-state index in [0.29, 0.717) is 41.5 Å². The third-order valence-corrected chi connectivity index (χ3v) is 14.1. The second-order valence-corrected chi connectivity index (χ2v) is 18.7. The van der Waals surface area contributed by atoms with Gasteiger partial charge in [-0.3, -0.25) is 44.1 Å². The fourth-order valence-corrected chi connectivity index (χ4v) is 11.0. The topological polar surface area (TPSA) is 168 Å². The van der Waals surface area contributed by atoms with Gasteiger partial charge in [-0.15, -0.1) is 0 Å². The summed E-state index contributed by atoms with van der Waals surface area (Å²) in [6.45, 7) is 13.7. The average molecular weight is 855 g/mol. The highest BCUT2D eigenvalue weighted by molar-refractivity contribution is 6.23. The lowest BCUT2D eigenvalue weighted by Crippen LogP contribution is -2.74. The summed E-state index contributed by atoms with van der Waals surface area (Å²) in [5.41, 5.74) is 2.29. The van der Waals surface area contributed by atoms with Crippen molar-refractivity contribution in [2.75, 3.05) is 55.6 Å². The smallest absolute Gasteiger partial charge is 0.262 e. The first-order chi connectivity index (χ1) is 30.1. The molecule has 3 aromatic carbocycles. The fraction of sp³-hybridized carbons (Fsp3) is 0.438. The Balaban J connectivity index is 0.754. The molecule has 4 aliphatic heterocycles. The number of nitrogens with one attached hydrogen (secondary N) is 2. The lowest BCUT2D eigenvalue weighted by Gasteiger charge is -2.63. The lowest BCUT2D eigenvalue weighted by atomic mass is 9.49. The second kappa shape index (κ2) is 16.1. The predicted molar refractivity (Wildman–Crippen MR) is 233 cm³/mol. The minimum atomic E-state index is -0.995. The first-order valence-corrected chi connectivity index (χ1v) is 21.8. The molecule has 15 heteroatoms. The maximum atomic E-state index is 15.8. The lowest BCUT2D eigenvalue weighted by molar-refractivity contribution is -0.163. The van der Waals surface area contributed by atoms with Crippen LogP contribution in [0.15, 0.2) is 66.9 Å². The van der Waals surface area contributed by atoms with Crippen LogP contribution in [0.4, 0.5) is 15.8 Å². The minimum absolute atomic E-state index is 0.0748. The summed E-state index contributed by atoms with van der Waals surface area (Å²) in [6, 6.07) is 18.2. The van der Waals surface area contributed by atoms with E-state index in [9.17, 15) is 29.2 Å². The van der Waals surface area contributed by atoms with E-state index in [1.165, 1.54) is 6.07 Å². The molecule has 4 fully saturated rings. The third-order valence-electron chi connectivity index (χ3n) is 14.1. The van der Waals surface area contributed by atoms with Crippen LogP contribution in [0.5, 0.6) is 5.75 Å². The Kier molecular flexibility index (Phi) is 10.7. The Morgan fingerprint density at radius 3 is 2.32 bits per heavy atom. The summed E-state index contributed by atoms with van der Waals surface area (Å²) in [6.07, 6.45) is 3.41. The number of fused-ring (bicyclic) bond motifs is 2. The number of hydrogen-bond acceptors (Lipinski definition) is 11. The Bertz CT molecular complexity index is 2570. The third kappa shape index (κ3) is 7.43. The van der Waals surface area contributed by atoms with Crippen LogP contribution in [-0.2, 0) is 9.59 Å². The summed E-state index contributed by atoms with van der Waals surface area (Å²) < 4.78 is 22.4. The molecule has 9 rings (SSSR count). The predicted octanol–water partition coefficient (Wildman–Crippen LogP) is 5.30. The van der Waals surface area contributed by atoms with Gasteiger partial charge in [-0.05, 0) is 85.8 Å². The van der Waals surface area contributed by atoms with Crippen molar-refractivity contribution < 1.29 is 33.1 Å². The van der Waals surface area contributed by atoms with E-state index >= 15 is 4.39 Å². The van der Waals surface area contributed by atoms with Crippen molar-refractivity contribution in [3.05, 3.63) is 94.9 Å². The Morgan fingerprint density at radius 1 is 0.889 bits per heavy atom. The summed E-state index contributed by atoms with van der Waals surface area (Å²) in [4.78, 5) is 76.3. The monoisotopic (exact) mass is 854 g/mol. The number of amides is 5. The number of halogens is 1. The summed E-state index contributed by atoms with van der Waals surface area (Å²) in [7, 11) is 0. The molecular weight excluding hydrogens is 804 g/mol. The number of imide groups is 2. The molecule has 14 nitrogen and oxygen atoms in total. The fourth-order valence-electron chi connectivity index (χ4n) is 11.0. The van der Waals surface area contributed by atoms with Gasteiger partial charge in [0.15, 0.2) is 0 Å². The molecule has 3 saturated heterocycles. The van der Waals surface area contributed by atoms with Crippen molar-refractivity contribution in [2.24, 2.45) is 16.7 Å². The van der Waals surface area contributed by atoms with E-state index in [0.717, 1.165) is 61.5 Å². The van der Waals surface area contributed by atoms with Crippen molar-refractivity contribution >= 4 is 51.8 Å². The molecule has 1 unspecified atom stereocenters. The normalized spacial score (nSPS) is 23.6. The number of nitriles is 1. The van der Waals surface area contributed by atoms with Gasteiger partial charge in [0.25, 0.3) is 17.7 Å². The summed E-state index contributed by atoms with van der Waals surface area (Å²) >= 11 is 0. The quantitative estimate of drug-likeness (QED) is 0.210. The molecule has 1 atom stereocenters. The molecule has 1 aliphatic carbocycles. The largest absolute Gasteiger partial charge is 0.488 e. The number of benzene rings is 3. The van der Waals surface area contributed by atoms with Crippen LogP contribution >= 0.6 is 0 Å². The van der Waals surface area contributed by atoms with Crippen LogP contribution in [0.1, 0.15) is 90.0 Å². The van der Waals surface area contributed by atoms with Crippen LogP contribution in [0, 0.1) is 33.9 Å². The minimum Gasteiger partial charge on any atom is -0.488 e. The SMILES string of the molecule is CC1(C)C(NC(=O)c2ccc(N3CCC(CN4CCN(c5ccc6c(c5)C(=O)N(C5CCC(=O)NC5=O)C6=O)CC4)CC3)c(F)c2)C(C)(C)C1Oc1ccc(C#N)c2ncccc12. The first-order valence-electron chi connectivity index (χ1n) is 21.8. The van der Waals surface area contributed by atoms with Crippen molar-refractivity contribution in [3.8, 4) is 11.8 Å². The molecule has 0 radical (unpaired) electrons. The van der Waals surface area contributed by atoms with E-state index in [2.05, 4.69) is 64.1 Å². The van der Waals surface area contributed by atoms with Crippen LogP contribution < -0.4 is 25.2 Å². The van der Waals surface area contributed by atoms with Crippen molar-refractivity contribution in [1.29, 1.82) is 5.26 Å². The van der Waals surface area contributed by atoms with Gasteiger partial charge in [0.2, 0.25) is 11.8 Å². The van der Waals surface area contributed by atoms with E-state index in [1.54, 1.807) is 42.6 Å². The number of carbonyl (C=O) groups excluding carboxylic acids is 5. The molecule has 326 valence electrons. The van der Waals surface area contributed by atoms with Crippen molar-refractivity contribution in [1.82, 2.24) is 25.4 Å². The van der Waals surface area contributed by atoms with Crippen LogP contribution in [0.25, 0.3) is 10.9 Å². The molecule has 1 aromatic heterocycles. The number of piperazine rings is 1. The zero-order valence-electron chi connectivity index (χ0n) is 35.9. The van der Waals surface area contributed by atoms with Crippen molar-refractivity contribution in [2.45, 2.75) is 71.6 Å². The number of carbonyl (C=O) groups is 5. The van der Waals surface area contributed by atoms with Gasteiger partial charge in [-0.1, -0.05) is 27.7 Å². The molecule has 0 spiro atoms. The van der Waals surface area contributed by atoms with E-state index in [-0.39, 0.29) is 47.6 Å². The van der Waals surface area contributed by atoms with Gasteiger partial charge in [0.05, 0.1) is 27.9 Å². The summed E-state index contributed by atoms with van der Waals surface area (Å²) in [5.74, 6) is -1.73. The molecule has 0 bridgehead atoms. The van der Waals surface area contributed by atoms with Gasteiger partial charge in [0.1, 0.15) is 29.8 Å². The highest BCUT2D eigenvalue weighted by Crippen LogP contribution is 2.56. The van der Waals surface area contributed by atoms with E-state index in [4.69, 9.17) is 4.74 Å². The van der Waals surface area contributed by atoms with Gasteiger partial charge in [0, 0.05) is 91.9 Å². The number of aromatic nitrogens is 1. The van der Waals surface area contributed by atoms with Crippen molar-refractivity contribution in [3.63, 3.8) is 0 Å². The molecule has 5 aliphatic rings. The zero-order valence-corrected chi connectivity index (χ0v) is 35.9. The highest BCUT2D eigenvalue weighted by Gasteiger charge is 2.64. The van der Waals surface area contributed by atoms with E-state index in [1.807, 2.05) is 18.2 Å². The highest BCUT2D eigenvalue weighted by atomic mass is 19.1. The number of nitrogens with zero attached hydrogens (tertiary/aromatic N) is 6. The number of pyridine rings is 1. The van der Waals surface area contributed by atoms with Gasteiger partial charge in [-0.2, -0.15) is 5.26 Å². The average Bonchev–Trinajstić information content (AvgIpc) is 3.52. The molecule has 4 aromatic rings. The molecular formula is C48H51FN8O6. The molecule has 1 saturated carbocycles. The molecule has 2 N–H and O–H groups in total. The Morgan fingerprint density at radius 2 is 1.62 bits per heavy atom. The summed E-state index contributed by atoms with van der Waals surface area (Å²) in [5, 5.41) is 15.7. The Labute approximate surface area is 365 Å². The maximum absolute atomic E-state index is 15.8. The second-order valence-electron chi connectivity index (χ2n) is 18.7.